The Morgan fingerprint density at radius 2 is 1.72 bits per heavy atom. The second kappa shape index (κ2) is 6.55. The van der Waals surface area contributed by atoms with Crippen molar-refractivity contribution < 1.29 is 4.79 Å². The van der Waals surface area contributed by atoms with Crippen LogP contribution in [0.3, 0.4) is 0 Å². The molecule has 1 fully saturated rings. The van der Waals surface area contributed by atoms with Gasteiger partial charge in [-0.05, 0) is 38.3 Å². The third-order valence-corrected chi connectivity index (χ3v) is 3.71. The van der Waals surface area contributed by atoms with Gasteiger partial charge in [0.25, 0.3) is 0 Å². The van der Waals surface area contributed by atoms with Gasteiger partial charge >= 0.3 is 0 Å². The molecule has 0 aromatic heterocycles. The van der Waals surface area contributed by atoms with E-state index >= 15 is 0 Å². The SMILES string of the molecule is CNC1CCC(NC(=O)Cc2ccccc2)CC1. The van der Waals surface area contributed by atoms with E-state index in [0.717, 1.165) is 31.2 Å². The third-order valence-electron chi connectivity index (χ3n) is 3.71. The zero-order chi connectivity index (χ0) is 12.8. The van der Waals surface area contributed by atoms with Crippen molar-refractivity contribution in [3.05, 3.63) is 35.9 Å². The summed E-state index contributed by atoms with van der Waals surface area (Å²) in [6.45, 7) is 0. The van der Waals surface area contributed by atoms with E-state index < -0.39 is 0 Å². The molecule has 1 amide bonds. The van der Waals surface area contributed by atoms with Gasteiger partial charge in [-0.3, -0.25) is 4.79 Å². The number of nitrogens with one attached hydrogen (secondary N) is 2. The Bertz CT molecular complexity index is 369. The molecule has 0 atom stereocenters. The number of benzene rings is 1. The maximum Gasteiger partial charge on any atom is 0.224 e. The van der Waals surface area contributed by atoms with Gasteiger partial charge in [0, 0.05) is 12.1 Å². The summed E-state index contributed by atoms with van der Waals surface area (Å²) in [5.41, 5.74) is 1.08. The van der Waals surface area contributed by atoms with Crippen molar-refractivity contribution in [1.82, 2.24) is 10.6 Å². The molecule has 0 bridgehead atoms. The molecule has 1 aromatic carbocycles. The van der Waals surface area contributed by atoms with Gasteiger partial charge in [-0.2, -0.15) is 0 Å². The normalized spacial score (nSPS) is 23.6. The van der Waals surface area contributed by atoms with Crippen molar-refractivity contribution in [3.63, 3.8) is 0 Å². The Morgan fingerprint density at radius 3 is 2.33 bits per heavy atom. The predicted molar refractivity (Wildman–Crippen MR) is 73.4 cm³/mol. The highest BCUT2D eigenvalue weighted by Gasteiger charge is 2.21. The molecular weight excluding hydrogens is 224 g/mol. The van der Waals surface area contributed by atoms with Crippen molar-refractivity contribution in [2.75, 3.05) is 7.05 Å². The fraction of sp³-hybridized carbons (Fsp3) is 0.533. The Labute approximate surface area is 109 Å². The lowest BCUT2D eigenvalue weighted by atomic mass is 9.91. The van der Waals surface area contributed by atoms with E-state index in [-0.39, 0.29) is 5.91 Å². The molecular formula is C15H22N2O. The molecule has 1 aliphatic rings. The highest BCUT2D eigenvalue weighted by atomic mass is 16.1. The summed E-state index contributed by atoms with van der Waals surface area (Å²) in [6.07, 6.45) is 4.99. The molecule has 1 aromatic rings. The van der Waals surface area contributed by atoms with Crippen LogP contribution >= 0.6 is 0 Å². The summed E-state index contributed by atoms with van der Waals surface area (Å²) < 4.78 is 0. The van der Waals surface area contributed by atoms with E-state index in [1.807, 2.05) is 37.4 Å². The maximum atomic E-state index is 11.9. The van der Waals surface area contributed by atoms with Gasteiger partial charge in [0.2, 0.25) is 5.91 Å². The molecule has 1 aliphatic carbocycles. The van der Waals surface area contributed by atoms with Crippen molar-refractivity contribution in [1.29, 1.82) is 0 Å². The molecule has 0 aliphatic heterocycles. The lowest BCUT2D eigenvalue weighted by Gasteiger charge is -2.28. The Morgan fingerprint density at radius 1 is 1.11 bits per heavy atom. The molecule has 3 nitrogen and oxygen atoms in total. The molecule has 18 heavy (non-hydrogen) atoms. The number of hydrogen-bond acceptors (Lipinski definition) is 2. The van der Waals surface area contributed by atoms with E-state index in [1.165, 1.54) is 0 Å². The number of hydrogen-bond donors (Lipinski definition) is 2. The first-order valence-corrected chi connectivity index (χ1v) is 6.78. The number of rotatable bonds is 4. The topological polar surface area (TPSA) is 41.1 Å². The summed E-state index contributed by atoms with van der Waals surface area (Å²) >= 11 is 0. The maximum absolute atomic E-state index is 11.9. The average Bonchev–Trinajstić information content (AvgIpc) is 2.40. The molecule has 1 saturated carbocycles. The quantitative estimate of drug-likeness (QED) is 0.851. The standard InChI is InChI=1S/C15H22N2O/c1-16-13-7-9-14(10-8-13)17-15(18)11-12-5-3-2-4-6-12/h2-6,13-14,16H,7-11H2,1H3,(H,17,18). The van der Waals surface area contributed by atoms with Gasteiger partial charge in [-0.25, -0.2) is 0 Å². The van der Waals surface area contributed by atoms with Gasteiger partial charge < -0.3 is 10.6 Å². The molecule has 0 unspecified atom stereocenters. The fourth-order valence-electron chi connectivity index (χ4n) is 2.59. The van der Waals surface area contributed by atoms with Crippen LogP contribution in [0, 0.1) is 0 Å². The van der Waals surface area contributed by atoms with E-state index in [4.69, 9.17) is 0 Å². The summed E-state index contributed by atoms with van der Waals surface area (Å²) in [6, 6.07) is 10.9. The average molecular weight is 246 g/mol. The molecule has 0 spiro atoms. The van der Waals surface area contributed by atoms with E-state index in [0.29, 0.717) is 18.5 Å². The van der Waals surface area contributed by atoms with Crippen LogP contribution in [0.1, 0.15) is 31.2 Å². The van der Waals surface area contributed by atoms with E-state index in [9.17, 15) is 4.79 Å². The van der Waals surface area contributed by atoms with Crippen LogP contribution in [0.5, 0.6) is 0 Å². The first-order valence-electron chi connectivity index (χ1n) is 6.78. The minimum absolute atomic E-state index is 0.147. The first kappa shape index (κ1) is 13.1. The monoisotopic (exact) mass is 246 g/mol. The van der Waals surface area contributed by atoms with Crippen LogP contribution < -0.4 is 10.6 Å². The van der Waals surface area contributed by atoms with Crippen molar-refractivity contribution >= 4 is 5.91 Å². The van der Waals surface area contributed by atoms with Crippen LogP contribution in [0.4, 0.5) is 0 Å². The van der Waals surface area contributed by atoms with Crippen LogP contribution in [0.15, 0.2) is 30.3 Å². The van der Waals surface area contributed by atoms with Crippen LogP contribution in [-0.4, -0.2) is 25.0 Å². The van der Waals surface area contributed by atoms with Crippen LogP contribution in [0.25, 0.3) is 0 Å². The Hall–Kier alpha value is -1.35. The second-order valence-corrected chi connectivity index (χ2v) is 5.07. The highest BCUT2D eigenvalue weighted by molar-refractivity contribution is 5.78. The smallest absolute Gasteiger partial charge is 0.224 e. The summed E-state index contributed by atoms with van der Waals surface area (Å²) in [5, 5.41) is 6.45. The van der Waals surface area contributed by atoms with Gasteiger partial charge in [0.05, 0.1) is 6.42 Å². The van der Waals surface area contributed by atoms with Crippen molar-refractivity contribution in [3.8, 4) is 0 Å². The Kier molecular flexibility index (Phi) is 4.76. The van der Waals surface area contributed by atoms with Gasteiger partial charge in [0.1, 0.15) is 0 Å². The summed E-state index contributed by atoms with van der Waals surface area (Å²) in [5.74, 6) is 0.147. The number of carbonyl (C=O) groups excluding carboxylic acids is 1. The van der Waals surface area contributed by atoms with Crippen LogP contribution in [0.2, 0.25) is 0 Å². The molecule has 98 valence electrons. The van der Waals surface area contributed by atoms with Gasteiger partial charge in [-0.1, -0.05) is 30.3 Å². The van der Waals surface area contributed by atoms with Gasteiger partial charge in [-0.15, -0.1) is 0 Å². The minimum atomic E-state index is 0.147. The Balaban J connectivity index is 1.75. The summed E-state index contributed by atoms with van der Waals surface area (Å²) in [4.78, 5) is 11.9. The van der Waals surface area contributed by atoms with Gasteiger partial charge in [0.15, 0.2) is 0 Å². The zero-order valence-corrected chi connectivity index (χ0v) is 11.0. The number of amides is 1. The summed E-state index contributed by atoms with van der Waals surface area (Å²) in [7, 11) is 2.01. The second-order valence-electron chi connectivity index (χ2n) is 5.07. The first-order chi connectivity index (χ1) is 8.78. The molecule has 0 heterocycles. The fourth-order valence-corrected chi connectivity index (χ4v) is 2.59. The molecule has 0 saturated heterocycles. The minimum Gasteiger partial charge on any atom is -0.353 e. The third kappa shape index (κ3) is 3.84. The largest absolute Gasteiger partial charge is 0.353 e. The molecule has 2 rings (SSSR count). The lowest BCUT2D eigenvalue weighted by Crippen LogP contribution is -2.41. The van der Waals surface area contributed by atoms with Crippen molar-refractivity contribution in [2.24, 2.45) is 0 Å². The van der Waals surface area contributed by atoms with Crippen LogP contribution in [-0.2, 0) is 11.2 Å². The highest BCUT2D eigenvalue weighted by Crippen LogP contribution is 2.18. The lowest BCUT2D eigenvalue weighted by molar-refractivity contribution is -0.121. The van der Waals surface area contributed by atoms with Crippen molar-refractivity contribution in [2.45, 2.75) is 44.2 Å². The molecule has 0 radical (unpaired) electrons. The number of carbonyl (C=O) groups is 1. The zero-order valence-electron chi connectivity index (χ0n) is 11.0. The molecule has 3 heteroatoms. The van der Waals surface area contributed by atoms with E-state index in [1.54, 1.807) is 0 Å². The van der Waals surface area contributed by atoms with E-state index in [2.05, 4.69) is 10.6 Å². The predicted octanol–water partition coefficient (Wildman–Crippen LogP) is 1.88. The molecule has 2 N–H and O–H groups in total.